The first kappa shape index (κ1) is 33.8. The summed E-state index contributed by atoms with van der Waals surface area (Å²) >= 11 is 0. The molecular formula is C34H48N6O5. The van der Waals surface area contributed by atoms with E-state index in [9.17, 15) is 19.2 Å². The first-order chi connectivity index (χ1) is 21.3. The lowest BCUT2D eigenvalue weighted by atomic mass is 9.97. The van der Waals surface area contributed by atoms with Crippen LogP contribution in [0.3, 0.4) is 0 Å². The van der Waals surface area contributed by atoms with Gasteiger partial charge in [-0.2, -0.15) is 0 Å². The summed E-state index contributed by atoms with van der Waals surface area (Å²) in [6.45, 7) is 14.0. The predicted molar refractivity (Wildman–Crippen MR) is 175 cm³/mol. The van der Waals surface area contributed by atoms with Crippen LogP contribution in [0.15, 0.2) is 36.4 Å². The van der Waals surface area contributed by atoms with Gasteiger partial charge in [-0.25, -0.2) is 9.80 Å². The van der Waals surface area contributed by atoms with Crippen LogP contribution in [0.25, 0.3) is 0 Å². The van der Waals surface area contributed by atoms with Crippen molar-refractivity contribution in [1.82, 2.24) is 20.2 Å². The predicted octanol–water partition coefficient (Wildman–Crippen LogP) is 3.86. The van der Waals surface area contributed by atoms with Gasteiger partial charge in [0.25, 0.3) is 5.91 Å². The van der Waals surface area contributed by atoms with E-state index in [1.54, 1.807) is 21.9 Å². The molecule has 45 heavy (non-hydrogen) atoms. The summed E-state index contributed by atoms with van der Waals surface area (Å²) in [6.07, 6.45) is 0.602. The molecule has 2 heterocycles. The molecular weight excluding hydrogens is 572 g/mol. The Morgan fingerprint density at radius 1 is 0.978 bits per heavy atom. The molecule has 4 amide bonds. The normalized spacial score (nSPS) is 14.5. The maximum Gasteiger partial charge on any atom is 0.410 e. The van der Waals surface area contributed by atoms with Gasteiger partial charge in [0.15, 0.2) is 0 Å². The van der Waals surface area contributed by atoms with E-state index in [1.807, 2.05) is 75.7 Å². The molecule has 2 aromatic rings. The van der Waals surface area contributed by atoms with Crippen LogP contribution in [0, 0.1) is 6.92 Å². The number of ether oxygens (including phenoxy) is 1. The number of amides is 4. The number of benzene rings is 2. The van der Waals surface area contributed by atoms with E-state index in [0.717, 1.165) is 22.5 Å². The molecule has 244 valence electrons. The topological polar surface area (TPSA) is 106 Å². The zero-order valence-electron chi connectivity index (χ0n) is 27.8. The highest BCUT2D eigenvalue weighted by Gasteiger charge is 2.29. The van der Waals surface area contributed by atoms with Crippen molar-refractivity contribution in [3.05, 3.63) is 58.7 Å². The fourth-order valence-electron chi connectivity index (χ4n) is 5.82. The zero-order valence-corrected chi connectivity index (χ0v) is 27.8. The van der Waals surface area contributed by atoms with E-state index in [2.05, 4.69) is 17.4 Å². The molecule has 0 aliphatic carbocycles. The number of rotatable bonds is 11. The number of nitrogens with zero attached hydrogens (tertiary/aromatic N) is 5. The minimum atomic E-state index is -0.611. The Morgan fingerprint density at radius 3 is 2.24 bits per heavy atom. The lowest BCUT2D eigenvalue weighted by Gasteiger charge is -2.34. The Kier molecular flexibility index (Phi) is 10.7. The molecule has 2 aliphatic rings. The highest BCUT2D eigenvalue weighted by molar-refractivity contribution is 5.97. The number of hydrogen-bond donors (Lipinski definition) is 1. The molecule has 11 heteroatoms. The summed E-state index contributed by atoms with van der Waals surface area (Å²) in [7, 11) is 1.77. The van der Waals surface area contributed by atoms with Crippen molar-refractivity contribution in [2.45, 2.75) is 73.1 Å². The van der Waals surface area contributed by atoms with Crippen LogP contribution in [-0.2, 0) is 38.6 Å². The van der Waals surface area contributed by atoms with Gasteiger partial charge in [0.2, 0.25) is 11.8 Å². The van der Waals surface area contributed by atoms with Crippen molar-refractivity contribution in [3.8, 4) is 0 Å². The van der Waals surface area contributed by atoms with Crippen LogP contribution >= 0.6 is 0 Å². The fourth-order valence-corrected chi connectivity index (χ4v) is 5.82. The van der Waals surface area contributed by atoms with Crippen molar-refractivity contribution in [1.29, 1.82) is 0 Å². The molecule has 2 aromatic carbocycles. The quantitative estimate of drug-likeness (QED) is 0.407. The molecule has 0 fully saturated rings. The average Bonchev–Trinajstić information content (AvgIpc) is 3.42. The SMILES string of the molecule is CCN(CCNC(=O)CN(CC(=O)N(C)N1Cc2ccccc2C1)c1cc2c(cc1C)N(CC)C(=O)CC2)C(=O)OC(C)(C)C. The Balaban J connectivity index is 1.50. The Hall–Kier alpha value is -4.12. The minimum Gasteiger partial charge on any atom is -0.444 e. The number of anilines is 2. The van der Waals surface area contributed by atoms with Gasteiger partial charge in [0.1, 0.15) is 5.60 Å². The molecule has 4 rings (SSSR count). The fraction of sp³-hybridized carbons (Fsp3) is 0.529. The van der Waals surface area contributed by atoms with E-state index in [4.69, 9.17) is 4.74 Å². The summed E-state index contributed by atoms with van der Waals surface area (Å²) in [5.74, 6) is -0.300. The minimum absolute atomic E-state index is 0.00813. The Labute approximate surface area is 267 Å². The van der Waals surface area contributed by atoms with Crippen LogP contribution in [-0.4, -0.2) is 90.6 Å². The summed E-state index contributed by atoms with van der Waals surface area (Å²) in [5.41, 5.74) is 5.35. The summed E-state index contributed by atoms with van der Waals surface area (Å²) < 4.78 is 5.48. The molecule has 0 atom stereocenters. The van der Waals surface area contributed by atoms with E-state index in [1.165, 1.54) is 11.1 Å². The highest BCUT2D eigenvalue weighted by Crippen LogP contribution is 2.34. The summed E-state index contributed by atoms with van der Waals surface area (Å²) in [4.78, 5) is 57.3. The molecule has 0 spiro atoms. The van der Waals surface area contributed by atoms with Crippen LogP contribution < -0.4 is 15.1 Å². The van der Waals surface area contributed by atoms with Gasteiger partial charge in [-0.05, 0) is 82.3 Å². The maximum atomic E-state index is 13.7. The summed E-state index contributed by atoms with van der Waals surface area (Å²) in [5, 5.41) is 6.57. The number of aryl methyl sites for hydroxylation is 2. The van der Waals surface area contributed by atoms with Gasteiger partial charge >= 0.3 is 6.09 Å². The number of hydrazine groups is 1. The van der Waals surface area contributed by atoms with Crippen molar-refractivity contribution >= 4 is 35.2 Å². The third-order valence-electron chi connectivity index (χ3n) is 8.26. The highest BCUT2D eigenvalue weighted by atomic mass is 16.6. The van der Waals surface area contributed by atoms with E-state index >= 15 is 0 Å². The molecule has 0 saturated carbocycles. The van der Waals surface area contributed by atoms with Gasteiger partial charge in [-0.1, -0.05) is 24.3 Å². The van der Waals surface area contributed by atoms with Crippen molar-refractivity contribution in [3.63, 3.8) is 0 Å². The largest absolute Gasteiger partial charge is 0.444 e. The molecule has 0 aromatic heterocycles. The number of likely N-dealkylation sites (N-methyl/N-ethyl adjacent to an activating group) is 2. The first-order valence-electron chi connectivity index (χ1n) is 15.8. The maximum absolute atomic E-state index is 13.7. The monoisotopic (exact) mass is 620 g/mol. The molecule has 0 radical (unpaired) electrons. The Morgan fingerprint density at radius 2 is 1.64 bits per heavy atom. The molecule has 0 unspecified atom stereocenters. The molecule has 11 nitrogen and oxygen atoms in total. The number of hydrogen-bond acceptors (Lipinski definition) is 7. The second-order valence-electron chi connectivity index (χ2n) is 12.7. The number of carbonyl (C=O) groups is 4. The Bertz CT molecular complexity index is 1400. The van der Waals surface area contributed by atoms with Crippen LogP contribution in [0.2, 0.25) is 0 Å². The number of nitrogens with one attached hydrogen (secondary N) is 1. The van der Waals surface area contributed by atoms with E-state index in [-0.39, 0.29) is 37.4 Å². The number of fused-ring (bicyclic) bond motifs is 2. The lowest BCUT2D eigenvalue weighted by molar-refractivity contribution is -0.145. The van der Waals surface area contributed by atoms with Crippen molar-refractivity contribution < 1.29 is 23.9 Å². The first-order valence-corrected chi connectivity index (χ1v) is 15.8. The van der Waals surface area contributed by atoms with E-state index in [0.29, 0.717) is 45.6 Å². The zero-order chi connectivity index (χ0) is 32.9. The smallest absolute Gasteiger partial charge is 0.410 e. The number of carbonyl (C=O) groups excluding carboxylic acids is 4. The molecule has 0 bridgehead atoms. The molecule has 2 aliphatic heterocycles. The van der Waals surface area contributed by atoms with Crippen LogP contribution in [0.5, 0.6) is 0 Å². The van der Waals surface area contributed by atoms with Crippen molar-refractivity contribution in [2.24, 2.45) is 0 Å². The standard InChI is InChI=1S/C34H48N6O5/c1-8-37(33(44)45-34(4,5)6)17-16-35-30(41)22-38(23-32(43)36(7)39-20-26-12-10-11-13-27(26)21-39)28-19-25-14-15-31(42)40(9-2)29(25)18-24(28)3/h10-13,18-19H,8-9,14-17,20-23H2,1-7H3,(H,35,41). The third-order valence-corrected chi connectivity index (χ3v) is 8.26. The second-order valence-corrected chi connectivity index (χ2v) is 12.7. The van der Waals surface area contributed by atoms with Gasteiger partial charge in [-0.15, -0.1) is 0 Å². The van der Waals surface area contributed by atoms with Crippen molar-refractivity contribution in [2.75, 3.05) is 56.1 Å². The van der Waals surface area contributed by atoms with Gasteiger partial charge in [0.05, 0.1) is 13.1 Å². The van der Waals surface area contributed by atoms with Gasteiger partial charge in [-0.3, -0.25) is 19.4 Å². The molecule has 1 N–H and O–H groups in total. The van der Waals surface area contributed by atoms with Crippen LogP contribution in [0.1, 0.15) is 63.3 Å². The average molecular weight is 621 g/mol. The lowest BCUT2D eigenvalue weighted by Crippen LogP contribution is -2.48. The third kappa shape index (κ3) is 8.33. The van der Waals surface area contributed by atoms with Gasteiger partial charge in [0, 0.05) is 64.1 Å². The molecule has 0 saturated heterocycles. The second kappa shape index (κ2) is 14.3. The van der Waals surface area contributed by atoms with E-state index < -0.39 is 11.7 Å². The van der Waals surface area contributed by atoms with Gasteiger partial charge < -0.3 is 24.8 Å². The van der Waals surface area contributed by atoms with Crippen LogP contribution in [0.4, 0.5) is 16.2 Å². The summed E-state index contributed by atoms with van der Waals surface area (Å²) in [6, 6.07) is 12.2.